The fourth-order valence-electron chi connectivity index (χ4n) is 5.17. The quantitative estimate of drug-likeness (QED) is 0.132. The van der Waals surface area contributed by atoms with Crippen molar-refractivity contribution < 1.29 is 0 Å². The van der Waals surface area contributed by atoms with Gasteiger partial charge < -0.3 is 4.90 Å². The lowest BCUT2D eigenvalue weighted by molar-refractivity contribution is 1.26. The van der Waals surface area contributed by atoms with E-state index >= 15 is 0 Å². The Labute approximate surface area is 296 Å². The molecule has 6 aromatic carbocycles. The Kier molecular flexibility index (Phi) is 10.6. The third-order valence-corrected chi connectivity index (χ3v) is 9.10. The second-order valence-corrected chi connectivity index (χ2v) is 13.4. The maximum Gasteiger partial charge on any atom is 0.0534 e. The van der Waals surface area contributed by atoms with E-state index in [2.05, 4.69) is 235 Å². The van der Waals surface area contributed by atoms with Crippen LogP contribution in [0.4, 0.5) is 17.1 Å². The van der Waals surface area contributed by atoms with Crippen LogP contribution >= 0.6 is 47.8 Å². The van der Waals surface area contributed by atoms with E-state index in [-0.39, 0.29) is 0 Å². The molecule has 0 fully saturated rings. The lowest BCUT2D eigenvalue weighted by Crippen LogP contribution is -2.13. The molecule has 46 heavy (non-hydrogen) atoms. The van der Waals surface area contributed by atoms with E-state index in [4.69, 9.17) is 0 Å². The maximum absolute atomic E-state index is 3.55. The minimum absolute atomic E-state index is 1.07. The Morgan fingerprint density at radius 3 is 0.848 bits per heavy atom. The molecular weight excluding hydrogens is 758 g/mol. The lowest BCUT2D eigenvalue weighted by Gasteiger charge is -2.30. The molecule has 0 unspecified atom stereocenters. The van der Waals surface area contributed by atoms with Crippen LogP contribution in [0, 0.1) is 0 Å². The Morgan fingerprint density at radius 1 is 0.304 bits per heavy atom. The largest absolute Gasteiger partial charge is 0.309 e. The molecule has 224 valence electrons. The highest BCUT2D eigenvalue weighted by atomic mass is 79.9. The topological polar surface area (TPSA) is 3.24 Å². The van der Waals surface area contributed by atoms with E-state index < -0.39 is 0 Å². The molecule has 0 aromatic heterocycles. The van der Waals surface area contributed by atoms with Crippen molar-refractivity contribution in [1.82, 2.24) is 0 Å². The van der Waals surface area contributed by atoms with Gasteiger partial charge in [-0.15, -0.1) is 0 Å². The normalized spacial score (nSPS) is 11.5. The first-order valence-electron chi connectivity index (χ1n) is 14.9. The molecule has 0 bridgehead atoms. The monoisotopic (exact) mass is 785 g/mol. The van der Waals surface area contributed by atoms with Crippen molar-refractivity contribution in [2.75, 3.05) is 4.90 Å². The minimum atomic E-state index is 1.07. The van der Waals surface area contributed by atoms with Gasteiger partial charge in [0.2, 0.25) is 0 Å². The van der Waals surface area contributed by atoms with E-state index in [1.165, 1.54) is 0 Å². The predicted molar refractivity (Wildman–Crippen MR) is 210 cm³/mol. The van der Waals surface area contributed by atoms with Crippen molar-refractivity contribution >= 4 is 101 Å². The van der Waals surface area contributed by atoms with Gasteiger partial charge in [0.05, 0.1) is 17.1 Å². The summed E-state index contributed by atoms with van der Waals surface area (Å²) < 4.78 is 3.20. The van der Waals surface area contributed by atoms with E-state index in [0.29, 0.717) is 0 Å². The summed E-state index contributed by atoms with van der Waals surface area (Å²) in [5, 5.41) is 0. The number of halogens is 3. The number of nitrogens with zero attached hydrogens (tertiary/aromatic N) is 1. The molecule has 0 heterocycles. The second-order valence-electron chi connectivity index (χ2n) is 10.7. The summed E-state index contributed by atoms with van der Waals surface area (Å²) in [6.45, 7) is 0. The van der Waals surface area contributed by atoms with Crippen molar-refractivity contribution in [3.05, 3.63) is 192 Å². The first kappa shape index (κ1) is 31.7. The van der Waals surface area contributed by atoms with Gasteiger partial charge in [-0.25, -0.2) is 0 Å². The molecule has 0 saturated carbocycles. The minimum Gasteiger partial charge on any atom is -0.309 e. The van der Waals surface area contributed by atoms with E-state index in [1.54, 1.807) is 0 Å². The predicted octanol–water partition coefficient (Wildman–Crippen LogP) is 14.0. The Morgan fingerprint density at radius 2 is 0.565 bits per heavy atom. The van der Waals surface area contributed by atoms with Crippen molar-refractivity contribution in [3.8, 4) is 0 Å². The Hall–Kier alpha value is -4.22. The lowest BCUT2D eigenvalue weighted by atomic mass is 10.0. The summed E-state index contributed by atoms with van der Waals surface area (Å²) in [5.74, 6) is 0. The number of hydrogen-bond acceptors (Lipinski definition) is 1. The van der Waals surface area contributed by atoms with Crippen LogP contribution in [-0.2, 0) is 0 Å². The molecule has 0 aliphatic rings. The van der Waals surface area contributed by atoms with E-state index in [0.717, 1.165) is 63.9 Å². The molecule has 0 radical (unpaired) electrons. The zero-order valence-electron chi connectivity index (χ0n) is 24.9. The highest BCUT2D eigenvalue weighted by Crippen LogP contribution is 2.41. The van der Waals surface area contributed by atoms with Gasteiger partial charge in [0.15, 0.2) is 0 Å². The van der Waals surface area contributed by atoms with Crippen LogP contribution in [0.5, 0.6) is 0 Å². The molecule has 0 atom stereocenters. The molecule has 0 aliphatic heterocycles. The summed E-state index contributed by atoms with van der Waals surface area (Å²) in [4.78, 5) is 2.38. The summed E-state index contributed by atoms with van der Waals surface area (Å²) in [6, 6.07) is 50.9. The van der Waals surface area contributed by atoms with Crippen molar-refractivity contribution in [3.63, 3.8) is 0 Å². The van der Waals surface area contributed by atoms with Gasteiger partial charge in [-0.2, -0.15) is 0 Å². The van der Waals surface area contributed by atoms with Gasteiger partial charge in [0.1, 0.15) is 0 Å². The van der Waals surface area contributed by atoms with Gasteiger partial charge >= 0.3 is 0 Å². The molecule has 1 nitrogen and oxygen atoms in total. The maximum atomic E-state index is 3.55. The number of hydrogen-bond donors (Lipinski definition) is 0. The standard InChI is InChI=1S/C42H30Br3N/c43-37-25-16-31(17-26-37)13-22-34-7-1-4-10-40(34)46(41-11-5-2-8-35(41)23-14-32-18-27-38(44)28-19-32)42-12-6-3-9-36(42)24-15-33-20-29-39(45)30-21-33/h1-30H. The average Bonchev–Trinajstić information content (AvgIpc) is 3.09. The van der Waals surface area contributed by atoms with Gasteiger partial charge in [0.25, 0.3) is 0 Å². The highest BCUT2D eigenvalue weighted by molar-refractivity contribution is 9.11. The molecule has 0 saturated heterocycles. The van der Waals surface area contributed by atoms with Gasteiger partial charge in [-0.05, 0) is 88.0 Å². The van der Waals surface area contributed by atoms with Crippen LogP contribution in [0.15, 0.2) is 159 Å². The SMILES string of the molecule is Brc1ccc(C=Cc2ccccc2N(c2ccccc2C=Cc2ccc(Br)cc2)c2ccccc2C=Cc2ccc(Br)cc2)cc1. The third kappa shape index (κ3) is 8.13. The number of anilines is 3. The molecular formula is C42H30Br3N. The van der Waals surface area contributed by atoms with Crippen LogP contribution < -0.4 is 4.90 Å². The van der Waals surface area contributed by atoms with Crippen LogP contribution in [-0.4, -0.2) is 0 Å². The number of para-hydroxylation sites is 3. The highest BCUT2D eigenvalue weighted by Gasteiger charge is 2.19. The molecule has 4 heteroatoms. The summed E-state index contributed by atoms with van der Waals surface area (Å²) in [6.07, 6.45) is 13.1. The Balaban J connectivity index is 1.50. The smallest absolute Gasteiger partial charge is 0.0534 e. The first-order valence-corrected chi connectivity index (χ1v) is 17.3. The molecule has 0 amide bonds. The van der Waals surface area contributed by atoms with Crippen LogP contribution in [0.1, 0.15) is 33.4 Å². The van der Waals surface area contributed by atoms with Gasteiger partial charge in [-0.3, -0.25) is 0 Å². The van der Waals surface area contributed by atoms with E-state index in [9.17, 15) is 0 Å². The fourth-order valence-corrected chi connectivity index (χ4v) is 5.96. The molecule has 0 N–H and O–H groups in total. The molecule has 0 spiro atoms. The van der Waals surface area contributed by atoms with Crippen LogP contribution in [0.3, 0.4) is 0 Å². The van der Waals surface area contributed by atoms with Crippen LogP contribution in [0.2, 0.25) is 0 Å². The molecule has 6 aromatic rings. The van der Waals surface area contributed by atoms with Crippen molar-refractivity contribution in [2.45, 2.75) is 0 Å². The average molecular weight is 788 g/mol. The number of rotatable bonds is 9. The summed E-state index contributed by atoms with van der Waals surface area (Å²) in [5.41, 5.74) is 10.0. The fraction of sp³-hybridized carbons (Fsp3) is 0. The number of benzene rings is 6. The molecule has 0 aliphatic carbocycles. The zero-order chi connectivity index (χ0) is 31.7. The first-order chi connectivity index (χ1) is 22.5. The van der Waals surface area contributed by atoms with Crippen LogP contribution in [0.25, 0.3) is 36.5 Å². The second kappa shape index (κ2) is 15.4. The van der Waals surface area contributed by atoms with Gasteiger partial charge in [-0.1, -0.05) is 175 Å². The Bertz CT molecular complexity index is 1770. The summed E-state index contributed by atoms with van der Waals surface area (Å²) >= 11 is 10.7. The molecule has 6 rings (SSSR count). The summed E-state index contributed by atoms with van der Waals surface area (Å²) in [7, 11) is 0. The third-order valence-electron chi connectivity index (χ3n) is 7.51. The van der Waals surface area contributed by atoms with Gasteiger partial charge in [0, 0.05) is 13.4 Å². The van der Waals surface area contributed by atoms with Crippen molar-refractivity contribution in [2.24, 2.45) is 0 Å². The van der Waals surface area contributed by atoms with E-state index in [1.807, 2.05) is 0 Å². The zero-order valence-corrected chi connectivity index (χ0v) is 29.7. The van der Waals surface area contributed by atoms with Crippen molar-refractivity contribution in [1.29, 1.82) is 0 Å².